The molecule has 0 bridgehead atoms. The van der Waals surface area contributed by atoms with Gasteiger partial charge in [0.1, 0.15) is 0 Å². The topological polar surface area (TPSA) is 96.7 Å². The summed E-state index contributed by atoms with van der Waals surface area (Å²) in [5.41, 5.74) is 9.67. The van der Waals surface area contributed by atoms with Crippen LogP contribution in [0, 0.1) is 5.92 Å². The number of halogens is 1. The van der Waals surface area contributed by atoms with Crippen LogP contribution < -0.4 is 16.4 Å². The number of hydrogen-bond acceptors (Lipinski definition) is 5. The molecule has 1 fully saturated rings. The van der Waals surface area contributed by atoms with E-state index in [9.17, 15) is 9.59 Å². The number of hydrogen-bond donors (Lipinski definition) is 3. The fourth-order valence-electron chi connectivity index (χ4n) is 4.47. The first-order chi connectivity index (χ1) is 17.9. The van der Waals surface area contributed by atoms with Gasteiger partial charge in [0.2, 0.25) is 11.8 Å². The first-order valence-electron chi connectivity index (χ1n) is 12.1. The molecule has 0 aromatic heterocycles. The van der Waals surface area contributed by atoms with Crippen LogP contribution in [0.3, 0.4) is 0 Å². The molecule has 1 heterocycles. The van der Waals surface area contributed by atoms with E-state index in [0.29, 0.717) is 29.5 Å². The Morgan fingerprint density at radius 2 is 1.76 bits per heavy atom. The number of benzene rings is 3. The van der Waals surface area contributed by atoms with E-state index < -0.39 is 0 Å². The summed E-state index contributed by atoms with van der Waals surface area (Å²) < 4.78 is 5.25. The minimum Gasteiger partial charge on any atom is -0.397 e. The first kappa shape index (κ1) is 26.4. The van der Waals surface area contributed by atoms with Crippen molar-refractivity contribution >= 4 is 46.6 Å². The van der Waals surface area contributed by atoms with Crippen molar-refractivity contribution in [1.29, 1.82) is 0 Å². The molecule has 3 aromatic carbocycles. The quantitative estimate of drug-likeness (QED) is 0.277. The Balaban J connectivity index is 1.44. The number of carbonyl (C=O) groups is 2. The number of rotatable bonds is 9. The number of nitrogens with two attached hydrogens (primary N) is 1. The second-order valence-electron chi connectivity index (χ2n) is 9.04. The van der Waals surface area contributed by atoms with Gasteiger partial charge < -0.3 is 21.1 Å². The van der Waals surface area contributed by atoms with Crippen LogP contribution in [0.2, 0.25) is 5.02 Å². The third-order valence-corrected chi connectivity index (χ3v) is 6.72. The number of anilines is 3. The molecular weight excluding hydrogens is 488 g/mol. The lowest BCUT2D eigenvalue weighted by Gasteiger charge is -2.19. The van der Waals surface area contributed by atoms with Crippen molar-refractivity contribution in [3.63, 3.8) is 0 Å². The van der Waals surface area contributed by atoms with Crippen LogP contribution in [-0.2, 0) is 14.3 Å². The van der Waals surface area contributed by atoms with E-state index in [4.69, 9.17) is 22.1 Å². The predicted molar refractivity (Wildman–Crippen MR) is 150 cm³/mol. The monoisotopic (exact) mass is 518 g/mol. The number of nitrogens with zero attached hydrogens (tertiary/aromatic N) is 1. The Morgan fingerprint density at radius 1 is 1.03 bits per heavy atom. The van der Waals surface area contributed by atoms with E-state index in [-0.39, 0.29) is 23.7 Å². The zero-order valence-corrected chi connectivity index (χ0v) is 21.4. The third kappa shape index (κ3) is 7.20. The van der Waals surface area contributed by atoms with Crippen LogP contribution >= 0.6 is 11.6 Å². The SMILES string of the molecule is COCCN1C[C@H](C(=O)Nc2ccc(Cl)cc2)[C@@H](c2ccc(/C=C/C(=O)Nc3ccccc3N)cc2)C1. The van der Waals surface area contributed by atoms with Gasteiger partial charge in [-0.15, -0.1) is 0 Å². The van der Waals surface area contributed by atoms with E-state index in [2.05, 4.69) is 15.5 Å². The summed E-state index contributed by atoms with van der Waals surface area (Å²) in [6.45, 7) is 2.79. The van der Waals surface area contributed by atoms with E-state index >= 15 is 0 Å². The van der Waals surface area contributed by atoms with Crippen LogP contribution in [0.15, 0.2) is 78.9 Å². The van der Waals surface area contributed by atoms with Crippen molar-refractivity contribution in [3.8, 4) is 0 Å². The molecule has 1 aliphatic heterocycles. The lowest BCUT2D eigenvalue weighted by Crippen LogP contribution is -2.29. The van der Waals surface area contributed by atoms with Crippen molar-refractivity contribution in [1.82, 2.24) is 4.90 Å². The van der Waals surface area contributed by atoms with Crippen LogP contribution in [0.25, 0.3) is 6.08 Å². The summed E-state index contributed by atoms with van der Waals surface area (Å²) in [6.07, 6.45) is 3.23. The summed E-state index contributed by atoms with van der Waals surface area (Å²) in [4.78, 5) is 27.8. The predicted octanol–water partition coefficient (Wildman–Crippen LogP) is 4.87. The van der Waals surface area contributed by atoms with E-state index in [1.54, 1.807) is 49.6 Å². The van der Waals surface area contributed by atoms with Crippen molar-refractivity contribution < 1.29 is 14.3 Å². The Bertz CT molecular complexity index is 1240. The van der Waals surface area contributed by atoms with E-state index in [1.165, 1.54) is 6.08 Å². The number of amides is 2. The van der Waals surface area contributed by atoms with Crippen LogP contribution in [0.1, 0.15) is 17.0 Å². The van der Waals surface area contributed by atoms with Gasteiger partial charge in [0.15, 0.2) is 0 Å². The molecular formula is C29H31ClN4O3. The number of nitrogens with one attached hydrogen (secondary N) is 2. The van der Waals surface area contributed by atoms with Crippen molar-refractivity contribution in [2.75, 3.05) is 49.7 Å². The Labute approximate surface area is 222 Å². The van der Waals surface area contributed by atoms with Gasteiger partial charge in [-0.3, -0.25) is 14.5 Å². The molecule has 0 radical (unpaired) electrons. The minimum atomic E-state index is -0.259. The van der Waals surface area contributed by atoms with Gasteiger partial charge in [-0.2, -0.15) is 0 Å². The average molecular weight is 519 g/mol. The normalized spacial score (nSPS) is 17.7. The number of likely N-dealkylation sites (tertiary alicyclic amines) is 1. The highest BCUT2D eigenvalue weighted by atomic mass is 35.5. The van der Waals surface area contributed by atoms with Gasteiger partial charge in [0.25, 0.3) is 0 Å². The Kier molecular flexibility index (Phi) is 8.95. The largest absolute Gasteiger partial charge is 0.397 e. The highest BCUT2D eigenvalue weighted by Crippen LogP contribution is 2.34. The van der Waals surface area contributed by atoms with Gasteiger partial charge in [-0.05, 0) is 53.6 Å². The molecule has 1 aliphatic rings. The Morgan fingerprint density at radius 3 is 2.46 bits per heavy atom. The molecule has 3 aromatic rings. The van der Waals surface area contributed by atoms with E-state index in [1.807, 2.05) is 36.4 Å². The van der Waals surface area contributed by atoms with Crippen LogP contribution in [-0.4, -0.2) is 50.1 Å². The number of methoxy groups -OCH3 is 1. The molecule has 2 amide bonds. The maximum absolute atomic E-state index is 13.3. The zero-order valence-electron chi connectivity index (χ0n) is 20.7. The summed E-state index contributed by atoms with van der Waals surface area (Å²) >= 11 is 5.98. The van der Waals surface area contributed by atoms with Crippen molar-refractivity contribution in [2.24, 2.45) is 5.92 Å². The molecule has 2 atom stereocenters. The lowest BCUT2D eigenvalue weighted by molar-refractivity contribution is -0.120. The molecule has 0 spiro atoms. The second-order valence-corrected chi connectivity index (χ2v) is 9.47. The molecule has 0 aliphatic carbocycles. The maximum atomic E-state index is 13.3. The smallest absolute Gasteiger partial charge is 0.248 e. The zero-order chi connectivity index (χ0) is 26.2. The summed E-state index contributed by atoms with van der Waals surface area (Å²) in [6, 6.07) is 22.2. The van der Waals surface area contributed by atoms with Crippen molar-refractivity contribution in [2.45, 2.75) is 5.92 Å². The fourth-order valence-corrected chi connectivity index (χ4v) is 4.60. The van der Waals surface area contributed by atoms with Crippen LogP contribution in [0.4, 0.5) is 17.1 Å². The van der Waals surface area contributed by atoms with Gasteiger partial charge in [-0.1, -0.05) is 48.0 Å². The fraction of sp³-hybridized carbons (Fsp3) is 0.241. The number of ether oxygens (including phenoxy) is 1. The molecule has 0 unspecified atom stereocenters. The second kappa shape index (κ2) is 12.5. The number of para-hydroxylation sites is 2. The average Bonchev–Trinajstić information content (AvgIpc) is 3.34. The molecule has 37 heavy (non-hydrogen) atoms. The molecule has 4 N–H and O–H groups in total. The number of nitrogen functional groups attached to an aromatic ring is 1. The van der Waals surface area contributed by atoms with Gasteiger partial charge in [0.05, 0.1) is 23.9 Å². The Hall–Kier alpha value is -3.65. The summed E-state index contributed by atoms with van der Waals surface area (Å²) in [5, 5.41) is 6.44. The molecule has 8 heteroatoms. The summed E-state index contributed by atoms with van der Waals surface area (Å²) in [5.74, 6) is -0.457. The third-order valence-electron chi connectivity index (χ3n) is 6.47. The van der Waals surface area contributed by atoms with Crippen LogP contribution in [0.5, 0.6) is 0 Å². The standard InChI is InChI=1S/C29H31ClN4O3/c1-37-17-16-34-18-24(25(19-34)29(36)32-23-13-11-22(30)12-14-23)21-9-6-20(7-10-21)8-15-28(35)33-27-5-3-2-4-26(27)31/h2-15,24-25H,16-19,31H2,1H3,(H,32,36)(H,33,35)/b15-8+/t24-,25+/m1/s1. The highest BCUT2D eigenvalue weighted by Gasteiger charge is 2.38. The molecule has 0 saturated carbocycles. The molecule has 7 nitrogen and oxygen atoms in total. The van der Waals surface area contributed by atoms with Gasteiger partial charge >= 0.3 is 0 Å². The minimum absolute atomic E-state index is 0.0203. The lowest BCUT2D eigenvalue weighted by atomic mass is 9.88. The first-order valence-corrected chi connectivity index (χ1v) is 12.5. The highest BCUT2D eigenvalue weighted by molar-refractivity contribution is 6.30. The van der Waals surface area contributed by atoms with E-state index in [0.717, 1.165) is 29.9 Å². The van der Waals surface area contributed by atoms with Gasteiger partial charge in [-0.25, -0.2) is 0 Å². The maximum Gasteiger partial charge on any atom is 0.248 e. The van der Waals surface area contributed by atoms with Gasteiger partial charge in [0, 0.05) is 49.4 Å². The molecule has 1 saturated heterocycles. The summed E-state index contributed by atoms with van der Waals surface area (Å²) in [7, 11) is 1.68. The molecule has 192 valence electrons. The molecule has 4 rings (SSSR count). The number of carbonyl (C=O) groups excluding carboxylic acids is 2. The van der Waals surface area contributed by atoms with Crippen molar-refractivity contribution in [3.05, 3.63) is 95.0 Å².